The second-order valence-electron chi connectivity index (χ2n) is 6.81. The second kappa shape index (κ2) is 9.48. The van der Waals surface area contributed by atoms with Gasteiger partial charge in [0.2, 0.25) is 0 Å². The van der Waals surface area contributed by atoms with Gasteiger partial charge in [-0.25, -0.2) is 0 Å². The Morgan fingerprint density at radius 2 is 1.61 bits per heavy atom. The standard InChI is InChI=1S/C18H30O5/c1-7-9-17(4,5)13-18(6,8-2)16(21)23-11-10-22-15(20)12-14(3)19/h7,9H,8,10-13H2,1-6H3. The highest BCUT2D eigenvalue weighted by molar-refractivity contribution is 5.94. The maximum Gasteiger partial charge on any atom is 0.313 e. The smallest absolute Gasteiger partial charge is 0.313 e. The molecule has 0 N–H and O–H groups in total. The molecule has 23 heavy (non-hydrogen) atoms. The molecule has 0 bridgehead atoms. The van der Waals surface area contributed by atoms with Crippen LogP contribution in [-0.2, 0) is 23.9 Å². The molecule has 0 aromatic carbocycles. The van der Waals surface area contributed by atoms with E-state index in [1.807, 2.05) is 26.8 Å². The van der Waals surface area contributed by atoms with Gasteiger partial charge in [0, 0.05) is 0 Å². The molecule has 0 spiro atoms. The topological polar surface area (TPSA) is 69.7 Å². The highest BCUT2D eigenvalue weighted by atomic mass is 16.6. The average Bonchev–Trinajstić information content (AvgIpc) is 2.41. The summed E-state index contributed by atoms with van der Waals surface area (Å²) in [6, 6.07) is 0. The molecule has 0 amide bonds. The average molecular weight is 326 g/mol. The van der Waals surface area contributed by atoms with E-state index in [1.165, 1.54) is 6.92 Å². The van der Waals surface area contributed by atoms with Crippen LogP contribution < -0.4 is 0 Å². The molecular formula is C18H30O5. The number of ether oxygens (including phenoxy) is 2. The Bertz CT molecular complexity index is 450. The van der Waals surface area contributed by atoms with E-state index in [2.05, 4.69) is 19.9 Å². The van der Waals surface area contributed by atoms with E-state index in [4.69, 9.17) is 9.47 Å². The normalized spacial score (nSPS) is 14.3. The Kier molecular flexibility index (Phi) is 8.80. The van der Waals surface area contributed by atoms with Crippen LogP contribution in [0.5, 0.6) is 0 Å². The number of ketones is 1. The summed E-state index contributed by atoms with van der Waals surface area (Å²) >= 11 is 0. The first-order valence-corrected chi connectivity index (χ1v) is 8.02. The van der Waals surface area contributed by atoms with Crippen LogP contribution >= 0.6 is 0 Å². The molecule has 1 atom stereocenters. The summed E-state index contributed by atoms with van der Waals surface area (Å²) < 4.78 is 10.1. The molecule has 0 radical (unpaired) electrons. The van der Waals surface area contributed by atoms with Crippen molar-refractivity contribution in [2.45, 2.75) is 60.8 Å². The zero-order valence-electron chi connectivity index (χ0n) is 15.2. The van der Waals surface area contributed by atoms with Gasteiger partial charge in [-0.3, -0.25) is 14.4 Å². The first-order chi connectivity index (χ1) is 10.6. The van der Waals surface area contributed by atoms with E-state index in [0.717, 1.165) is 0 Å². The third kappa shape index (κ3) is 8.53. The van der Waals surface area contributed by atoms with Crippen LogP contribution in [0.15, 0.2) is 12.2 Å². The number of hydrogen-bond acceptors (Lipinski definition) is 5. The molecule has 5 heteroatoms. The fraction of sp³-hybridized carbons (Fsp3) is 0.722. The maximum atomic E-state index is 12.4. The minimum absolute atomic E-state index is 0.00210. The molecule has 1 unspecified atom stereocenters. The number of allylic oxidation sites excluding steroid dienone is 2. The van der Waals surface area contributed by atoms with Gasteiger partial charge < -0.3 is 9.47 Å². The van der Waals surface area contributed by atoms with Gasteiger partial charge in [0.05, 0.1) is 5.41 Å². The Morgan fingerprint density at radius 1 is 1.04 bits per heavy atom. The van der Waals surface area contributed by atoms with Crippen molar-refractivity contribution >= 4 is 17.7 Å². The van der Waals surface area contributed by atoms with Crippen LogP contribution in [0, 0.1) is 10.8 Å². The van der Waals surface area contributed by atoms with Crippen LogP contribution in [0.25, 0.3) is 0 Å². The summed E-state index contributed by atoms with van der Waals surface area (Å²) in [5.41, 5.74) is -0.696. The summed E-state index contributed by atoms with van der Waals surface area (Å²) in [7, 11) is 0. The van der Waals surface area contributed by atoms with E-state index in [-0.39, 0.29) is 36.8 Å². The number of rotatable bonds is 10. The molecule has 132 valence electrons. The number of hydrogen-bond donors (Lipinski definition) is 0. The molecule has 0 aliphatic carbocycles. The fourth-order valence-corrected chi connectivity index (χ4v) is 2.58. The van der Waals surface area contributed by atoms with Gasteiger partial charge in [-0.2, -0.15) is 0 Å². The van der Waals surface area contributed by atoms with Gasteiger partial charge >= 0.3 is 11.9 Å². The van der Waals surface area contributed by atoms with Crippen LogP contribution in [0.2, 0.25) is 0 Å². The van der Waals surface area contributed by atoms with Crippen molar-refractivity contribution in [3.05, 3.63) is 12.2 Å². The highest BCUT2D eigenvalue weighted by Crippen LogP contribution is 2.38. The molecule has 0 aromatic rings. The number of carbonyl (C=O) groups excluding carboxylic acids is 3. The molecule has 0 fully saturated rings. The van der Waals surface area contributed by atoms with Crippen LogP contribution in [0.3, 0.4) is 0 Å². The van der Waals surface area contributed by atoms with Gasteiger partial charge in [0.15, 0.2) is 0 Å². The monoisotopic (exact) mass is 326 g/mol. The van der Waals surface area contributed by atoms with Gasteiger partial charge in [-0.05, 0) is 39.0 Å². The van der Waals surface area contributed by atoms with Crippen molar-refractivity contribution in [3.63, 3.8) is 0 Å². The van der Waals surface area contributed by atoms with Crippen molar-refractivity contribution in [2.24, 2.45) is 10.8 Å². The number of Topliss-reactive ketones (excluding diaryl/α,β-unsaturated/α-hetero) is 1. The minimum Gasteiger partial charge on any atom is -0.462 e. The Morgan fingerprint density at radius 3 is 2.09 bits per heavy atom. The van der Waals surface area contributed by atoms with Crippen molar-refractivity contribution in [3.8, 4) is 0 Å². The molecular weight excluding hydrogens is 296 g/mol. The minimum atomic E-state index is -0.596. The van der Waals surface area contributed by atoms with E-state index in [9.17, 15) is 14.4 Å². The molecule has 5 nitrogen and oxygen atoms in total. The fourth-order valence-electron chi connectivity index (χ4n) is 2.58. The number of esters is 2. The largest absolute Gasteiger partial charge is 0.462 e. The van der Waals surface area contributed by atoms with Crippen molar-refractivity contribution < 1.29 is 23.9 Å². The van der Waals surface area contributed by atoms with E-state index < -0.39 is 11.4 Å². The highest BCUT2D eigenvalue weighted by Gasteiger charge is 2.37. The second-order valence-corrected chi connectivity index (χ2v) is 6.81. The summed E-state index contributed by atoms with van der Waals surface area (Å²) in [4.78, 5) is 34.3. The molecule has 0 rings (SSSR count). The molecule has 0 aromatic heterocycles. The lowest BCUT2D eigenvalue weighted by Gasteiger charge is -2.33. The van der Waals surface area contributed by atoms with Gasteiger partial charge in [0.1, 0.15) is 25.4 Å². The van der Waals surface area contributed by atoms with Gasteiger partial charge in [-0.1, -0.05) is 32.9 Å². The first-order valence-electron chi connectivity index (χ1n) is 8.02. The zero-order valence-corrected chi connectivity index (χ0v) is 15.2. The van der Waals surface area contributed by atoms with Gasteiger partial charge in [0.25, 0.3) is 0 Å². The van der Waals surface area contributed by atoms with Crippen molar-refractivity contribution in [1.82, 2.24) is 0 Å². The third-order valence-electron chi connectivity index (χ3n) is 3.71. The molecule has 0 saturated carbocycles. The van der Waals surface area contributed by atoms with Crippen molar-refractivity contribution in [1.29, 1.82) is 0 Å². The van der Waals surface area contributed by atoms with Crippen LogP contribution in [0.4, 0.5) is 0 Å². The van der Waals surface area contributed by atoms with Gasteiger partial charge in [-0.15, -0.1) is 0 Å². The number of carbonyl (C=O) groups is 3. The Balaban J connectivity index is 4.44. The predicted octanol–water partition coefficient (Wildman–Crippen LogP) is 3.46. The molecule has 0 aliphatic rings. The lowest BCUT2D eigenvalue weighted by Crippen LogP contribution is -2.34. The summed E-state index contributed by atoms with van der Waals surface area (Å²) in [6.07, 6.45) is 5.15. The SMILES string of the molecule is CC=CC(C)(C)CC(C)(CC)C(=O)OCCOC(=O)CC(C)=O. The first kappa shape index (κ1) is 21.4. The lowest BCUT2D eigenvalue weighted by molar-refractivity contribution is -0.161. The molecule has 0 heterocycles. The van der Waals surface area contributed by atoms with Crippen molar-refractivity contribution in [2.75, 3.05) is 13.2 Å². The summed E-state index contributed by atoms with van der Waals surface area (Å²) in [5.74, 6) is -1.14. The Hall–Kier alpha value is -1.65. The van der Waals surface area contributed by atoms with Crippen LogP contribution in [-0.4, -0.2) is 30.9 Å². The predicted molar refractivity (Wildman–Crippen MR) is 88.8 cm³/mol. The lowest BCUT2D eigenvalue weighted by atomic mass is 9.72. The third-order valence-corrected chi connectivity index (χ3v) is 3.71. The zero-order chi connectivity index (χ0) is 18.1. The van der Waals surface area contributed by atoms with E-state index in [0.29, 0.717) is 12.8 Å². The summed E-state index contributed by atoms with van der Waals surface area (Å²) in [6.45, 7) is 11.3. The maximum absolute atomic E-state index is 12.4. The van der Waals surface area contributed by atoms with E-state index >= 15 is 0 Å². The van der Waals surface area contributed by atoms with Crippen LogP contribution in [0.1, 0.15) is 60.8 Å². The molecule has 0 aliphatic heterocycles. The Labute approximate surface area is 139 Å². The summed E-state index contributed by atoms with van der Waals surface area (Å²) in [5, 5.41) is 0. The molecule has 0 saturated heterocycles. The quantitative estimate of drug-likeness (QED) is 0.266. The van der Waals surface area contributed by atoms with E-state index in [1.54, 1.807) is 0 Å².